The molecule has 0 radical (unpaired) electrons. The molecule has 1 aromatic carbocycles. The Bertz CT molecular complexity index is 889. The van der Waals surface area contributed by atoms with Crippen molar-refractivity contribution in [3.8, 4) is 5.88 Å². The highest BCUT2D eigenvalue weighted by atomic mass is 16.5. The first-order valence-electron chi connectivity index (χ1n) is 8.89. The number of hydrogen-bond acceptors (Lipinski definition) is 5. The fourth-order valence-electron chi connectivity index (χ4n) is 2.76. The molecular formula is C20H23N3O3. The van der Waals surface area contributed by atoms with Gasteiger partial charge in [-0.2, -0.15) is 0 Å². The summed E-state index contributed by atoms with van der Waals surface area (Å²) in [6, 6.07) is 12.0. The number of aromatic nitrogens is 3. The molecule has 26 heavy (non-hydrogen) atoms. The molecule has 0 saturated carbocycles. The number of aryl methyl sites for hydroxylation is 1. The molecule has 0 aliphatic carbocycles. The average Bonchev–Trinajstić information content (AvgIpc) is 3.01. The first-order valence-corrected chi connectivity index (χ1v) is 8.89. The highest BCUT2D eigenvalue weighted by molar-refractivity contribution is 5.78. The minimum absolute atomic E-state index is 0.0855. The number of rotatable bonds is 8. The zero-order valence-electron chi connectivity index (χ0n) is 15.1. The number of benzene rings is 1. The highest BCUT2D eigenvalue weighted by Gasteiger charge is 2.13. The smallest absolute Gasteiger partial charge is 0.327 e. The van der Waals surface area contributed by atoms with Gasteiger partial charge >= 0.3 is 5.97 Å². The first kappa shape index (κ1) is 17.9. The Morgan fingerprint density at radius 3 is 2.81 bits per heavy atom. The fourth-order valence-corrected chi connectivity index (χ4v) is 2.76. The van der Waals surface area contributed by atoms with Gasteiger partial charge in [-0.1, -0.05) is 37.6 Å². The summed E-state index contributed by atoms with van der Waals surface area (Å²) >= 11 is 0. The van der Waals surface area contributed by atoms with Crippen molar-refractivity contribution in [2.24, 2.45) is 0 Å². The van der Waals surface area contributed by atoms with Crippen LogP contribution in [0.25, 0.3) is 10.9 Å². The van der Waals surface area contributed by atoms with E-state index in [0.717, 1.165) is 35.0 Å². The number of carbonyl (C=O) groups excluding carboxylic acids is 1. The van der Waals surface area contributed by atoms with Gasteiger partial charge in [0.15, 0.2) is 0 Å². The van der Waals surface area contributed by atoms with Crippen molar-refractivity contribution in [3.05, 3.63) is 53.9 Å². The molecule has 3 rings (SSSR count). The van der Waals surface area contributed by atoms with Crippen LogP contribution in [0.4, 0.5) is 0 Å². The molecular weight excluding hydrogens is 330 g/mol. The number of ether oxygens (including phenoxy) is 2. The van der Waals surface area contributed by atoms with Crippen molar-refractivity contribution in [1.29, 1.82) is 0 Å². The zero-order chi connectivity index (χ0) is 18.4. The van der Waals surface area contributed by atoms with Gasteiger partial charge in [0.2, 0.25) is 5.88 Å². The van der Waals surface area contributed by atoms with Crippen molar-refractivity contribution in [1.82, 2.24) is 14.8 Å². The maximum absolute atomic E-state index is 11.7. The molecule has 0 bridgehead atoms. The second-order valence-corrected chi connectivity index (χ2v) is 6.00. The van der Waals surface area contributed by atoms with E-state index in [2.05, 4.69) is 17.0 Å². The highest BCUT2D eigenvalue weighted by Crippen LogP contribution is 2.20. The van der Waals surface area contributed by atoms with Crippen LogP contribution in [0, 0.1) is 0 Å². The summed E-state index contributed by atoms with van der Waals surface area (Å²) in [4.78, 5) is 16.3. The summed E-state index contributed by atoms with van der Waals surface area (Å²) in [6.07, 6.45) is 3.66. The lowest BCUT2D eigenvalue weighted by Crippen LogP contribution is -2.13. The third-order valence-electron chi connectivity index (χ3n) is 3.93. The van der Waals surface area contributed by atoms with Crippen molar-refractivity contribution in [3.63, 3.8) is 0 Å². The van der Waals surface area contributed by atoms with Gasteiger partial charge < -0.3 is 9.47 Å². The van der Waals surface area contributed by atoms with Gasteiger partial charge in [0.25, 0.3) is 0 Å². The van der Waals surface area contributed by atoms with E-state index in [1.54, 1.807) is 11.6 Å². The lowest BCUT2D eigenvalue weighted by atomic mass is 10.2. The van der Waals surface area contributed by atoms with Gasteiger partial charge in [-0.25, -0.2) is 4.98 Å². The Balaban J connectivity index is 1.72. The fraction of sp³-hybridized carbons (Fsp3) is 0.350. The van der Waals surface area contributed by atoms with Crippen LogP contribution in [0.5, 0.6) is 5.88 Å². The third-order valence-corrected chi connectivity index (χ3v) is 3.93. The maximum Gasteiger partial charge on any atom is 0.327 e. The predicted molar refractivity (Wildman–Crippen MR) is 98.9 cm³/mol. The van der Waals surface area contributed by atoms with E-state index in [1.165, 1.54) is 0 Å². The molecule has 3 aromatic rings. The van der Waals surface area contributed by atoms with E-state index in [1.807, 2.05) is 42.6 Å². The van der Waals surface area contributed by atoms with Crippen molar-refractivity contribution in [2.75, 3.05) is 6.61 Å². The summed E-state index contributed by atoms with van der Waals surface area (Å²) in [7, 11) is 0. The molecule has 6 heteroatoms. The first-order chi connectivity index (χ1) is 12.7. The molecule has 0 aliphatic heterocycles. The van der Waals surface area contributed by atoms with Gasteiger partial charge in [0, 0.05) is 17.1 Å². The number of fused-ring (bicyclic) bond motifs is 1. The van der Waals surface area contributed by atoms with Crippen LogP contribution >= 0.6 is 0 Å². The number of hydrogen-bond donors (Lipinski definition) is 0. The Hall–Kier alpha value is -2.89. The standard InChI is InChI=1S/C20H23N3O3/c1-3-7-16-12-23(13-19(24)25-4-2)22-20(16)26-14-17-11-10-15-8-5-6-9-18(15)21-17/h5-6,8-12H,3-4,7,13-14H2,1-2H3. The van der Waals surface area contributed by atoms with E-state index < -0.39 is 0 Å². The zero-order valence-corrected chi connectivity index (χ0v) is 15.1. The van der Waals surface area contributed by atoms with Gasteiger partial charge in [-0.15, -0.1) is 5.10 Å². The lowest BCUT2D eigenvalue weighted by molar-refractivity contribution is -0.144. The van der Waals surface area contributed by atoms with Crippen LogP contribution in [0.2, 0.25) is 0 Å². The normalized spacial score (nSPS) is 10.8. The number of esters is 1. The van der Waals surface area contributed by atoms with Gasteiger partial charge in [0.1, 0.15) is 13.2 Å². The van der Waals surface area contributed by atoms with Crippen LogP contribution in [-0.2, 0) is 29.1 Å². The Kier molecular flexibility index (Phi) is 5.84. The monoisotopic (exact) mass is 353 g/mol. The Morgan fingerprint density at radius 1 is 1.15 bits per heavy atom. The molecule has 136 valence electrons. The summed E-state index contributed by atoms with van der Waals surface area (Å²) in [5.41, 5.74) is 2.76. The predicted octanol–water partition coefficient (Wildman–Crippen LogP) is 3.53. The molecule has 2 heterocycles. The van der Waals surface area contributed by atoms with E-state index in [4.69, 9.17) is 9.47 Å². The van der Waals surface area contributed by atoms with Gasteiger partial charge in [-0.3, -0.25) is 9.48 Å². The molecule has 6 nitrogen and oxygen atoms in total. The number of para-hydroxylation sites is 1. The average molecular weight is 353 g/mol. The minimum Gasteiger partial charge on any atom is -0.470 e. The Morgan fingerprint density at radius 2 is 2.00 bits per heavy atom. The summed E-state index contributed by atoms with van der Waals surface area (Å²) in [5, 5.41) is 5.49. The molecule has 0 fully saturated rings. The minimum atomic E-state index is -0.305. The topological polar surface area (TPSA) is 66.2 Å². The lowest BCUT2D eigenvalue weighted by Gasteiger charge is -2.06. The molecule has 2 aromatic heterocycles. The summed E-state index contributed by atoms with van der Waals surface area (Å²) in [5.74, 6) is 0.243. The van der Waals surface area contributed by atoms with Crippen LogP contribution in [0.3, 0.4) is 0 Å². The van der Waals surface area contributed by atoms with Gasteiger partial charge in [0.05, 0.1) is 17.8 Å². The SMILES string of the molecule is CCCc1cn(CC(=O)OCC)nc1OCc1ccc2ccccc2n1. The summed E-state index contributed by atoms with van der Waals surface area (Å²) < 4.78 is 12.5. The van der Waals surface area contributed by atoms with Crippen LogP contribution in [0.1, 0.15) is 31.5 Å². The van der Waals surface area contributed by atoms with E-state index in [-0.39, 0.29) is 12.5 Å². The largest absolute Gasteiger partial charge is 0.470 e. The van der Waals surface area contributed by atoms with E-state index >= 15 is 0 Å². The van der Waals surface area contributed by atoms with Gasteiger partial charge in [-0.05, 0) is 25.5 Å². The molecule has 0 atom stereocenters. The van der Waals surface area contributed by atoms with Crippen molar-refractivity contribution < 1.29 is 14.3 Å². The van der Waals surface area contributed by atoms with Crippen molar-refractivity contribution >= 4 is 16.9 Å². The molecule has 0 saturated heterocycles. The van der Waals surface area contributed by atoms with E-state index in [9.17, 15) is 4.79 Å². The second kappa shape index (κ2) is 8.47. The molecule has 0 aliphatic rings. The quantitative estimate of drug-likeness (QED) is 0.580. The number of nitrogens with zero attached hydrogens (tertiary/aromatic N) is 3. The second-order valence-electron chi connectivity index (χ2n) is 6.00. The van der Waals surface area contributed by atoms with E-state index in [0.29, 0.717) is 19.1 Å². The number of carbonyl (C=O) groups is 1. The molecule has 0 amide bonds. The molecule has 0 unspecified atom stereocenters. The van der Waals surface area contributed by atoms with Crippen molar-refractivity contribution in [2.45, 2.75) is 39.8 Å². The van der Waals surface area contributed by atoms with Crippen LogP contribution in [0.15, 0.2) is 42.6 Å². The Labute approximate surface area is 152 Å². The molecule has 0 spiro atoms. The third kappa shape index (κ3) is 4.39. The maximum atomic E-state index is 11.7. The van der Waals surface area contributed by atoms with Crippen LogP contribution < -0.4 is 4.74 Å². The summed E-state index contributed by atoms with van der Waals surface area (Å²) in [6.45, 7) is 4.66. The number of pyridine rings is 1. The van der Waals surface area contributed by atoms with Crippen LogP contribution in [-0.4, -0.2) is 27.3 Å². The molecule has 0 N–H and O–H groups in total.